The zero-order chi connectivity index (χ0) is 12.1. The van der Waals surface area contributed by atoms with Crippen molar-refractivity contribution in [3.8, 4) is 5.75 Å². The molecule has 1 aromatic rings. The third-order valence-electron chi connectivity index (χ3n) is 2.82. The second kappa shape index (κ2) is 6.00. The fourth-order valence-electron chi connectivity index (χ4n) is 1.88. The van der Waals surface area contributed by atoms with Gasteiger partial charge in [-0.15, -0.1) is 0 Å². The molecule has 17 heavy (non-hydrogen) atoms. The van der Waals surface area contributed by atoms with Crippen LogP contribution in [0, 0.1) is 0 Å². The molecule has 0 radical (unpaired) electrons. The summed E-state index contributed by atoms with van der Waals surface area (Å²) in [5.74, 6) is 0.865. The van der Waals surface area contributed by atoms with Gasteiger partial charge >= 0.3 is 0 Å². The molecule has 2 unspecified atom stereocenters. The van der Waals surface area contributed by atoms with Gasteiger partial charge in [0, 0.05) is 0 Å². The van der Waals surface area contributed by atoms with E-state index in [1.165, 1.54) is 0 Å². The molecule has 2 rings (SSSR count). The minimum absolute atomic E-state index is 0.0540. The molecule has 1 saturated heterocycles. The van der Waals surface area contributed by atoms with Crippen molar-refractivity contribution < 1.29 is 14.2 Å². The Morgan fingerprint density at radius 2 is 2.12 bits per heavy atom. The van der Waals surface area contributed by atoms with Crippen molar-refractivity contribution in [2.24, 2.45) is 5.73 Å². The lowest BCUT2D eigenvalue weighted by atomic mass is 10.0. The van der Waals surface area contributed by atoms with Gasteiger partial charge in [-0.2, -0.15) is 0 Å². The molecule has 1 fully saturated rings. The van der Waals surface area contributed by atoms with Gasteiger partial charge in [0.15, 0.2) is 0 Å². The Balaban J connectivity index is 2.00. The van der Waals surface area contributed by atoms with E-state index in [0.29, 0.717) is 26.4 Å². The number of ether oxygens (including phenoxy) is 3. The predicted molar refractivity (Wildman–Crippen MR) is 65.1 cm³/mol. The molecule has 0 bridgehead atoms. The summed E-state index contributed by atoms with van der Waals surface area (Å²) in [6.07, 6.45) is -0.0540. The zero-order valence-electron chi connectivity index (χ0n) is 10.1. The van der Waals surface area contributed by atoms with Crippen LogP contribution in [0.2, 0.25) is 0 Å². The molecule has 1 heterocycles. The molecule has 1 aromatic carbocycles. The second-order valence-electron chi connectivity index (χ2n) is 4.01. The Morgan fingerprint density at radius 1 is 1.35 bits per heavy atom. The number of nitrogens with two attached hydrogens (primary N) is 1. The van der Waals surface area contributed by atoms with Gasteiger partial charge in [0.05, 0.1) is 32.5 Å². The molecule has 2 N–H and O–H groups in total. The molecule has 0 saturated carbocycles. The monoisotopic (exact) mass is 237 g/mol. The maximum absolute atomic E-state index is 6.15. The van der Waals surface area contributed by atoms with Crippen LogP contribution in [0.5, 0.6) is 5.75 Å². The second-order valence-corrected chi connectivity index (χ2v) is 4.01. The minimum atomic E-state index is -0.147. The van der Waals surface area contributed by atoms with Gasteiger partial charge in [0.2, 0.25) is 0 Å². The molecule has 0 aliphatic carbocycles. The van der Waals surface area contributed by atoms with Crippen LogP contribution in [0.1, 0.15) is 18.5 Å². The van der Waals surface area contributed by atoms with E-state index < -0.39 is 0 Å². The standard InChI is InChI=1S/C13H19NO3/c1-2-16-11-5-3-10(4-6-11)13(14)12-9-15-7-8-17-12/h3-6,12-13H,2,7-9,14H2,1H3. The molecule has 0 aromatic heterocycles. The van der Waals surface area contributed by atoms with Crippen LogP contribution >= 0.6 is 0 Å². The first-order valence-electron chi connectivity index (χ1n) is 5.99. The Labute approximate surface area is 102 Å². The highest BCUT2D eigenvalue weighted by molar-refractivity contribution is 5.29. The Morgan fingerprint density at radius 3 is 2.71 bits per heavy atom. The van der Waals surface area contributed by atoms with E-state index in [1.54, 1.807) is 0 Å². The highest BCUT2D eigenvalue weighted by Crippen LogP contribution is 2.21. The first-order chi connectivity index (χ1) is 8.31. The van der Waals surface area contributed by atoms with Crippen molar-refractivity contribution in [2.45, 2.75) is 19.1 Å². The van der Waals surface area contributed by atoms with Crippen molar-refractivity contribution >= 4 is 0 Å². The summed E-state index contributed by atoms with van der Waals surface area (Å²) in [6.45, 7) is 4.48. The summed E-state index contributed by atoms with van der Waals surface area (Å²) in [6, 6.07) is 7.68. The van der Waals surface area contributed by atoms with Crippen molar-refractivity contribution in [2.75, 3.05) is 26.4 Å². The molecule has 1 aliphatic heterocycles. The topological polar surface area (TPSA) is 53.7 Å². The predicted octanol–water partition coefficient (Wildman–Crippen LogP) is 1.50. The number of rotatable bonds is 4. The zero-order valence-corrected chi connectivity index (χ0v) is 10.1. The fourth-order valence-corrected chi connectivity index (χ4v) is 1.88. The van der Waals surface area contributed by atoms with Crippen LogP contribution in [0.25, 0.3) is 0 Å². The molecule has 1 aliphatic rings. The quantitative estimate of drug-likeness (QED) is 0.862. The average Bonchev–Trinajstić information content (AvgIpc) is 2.40. The van der Waals surface area contributed by atoms with E-state index in [1.807, 2.05) is 31.2 Å². The van der Waals surface area contributed by atoms with E-state index in [2.05, 4.69) is 0 Å². The SMILES string of the molecule is CCOc1ccc(C(N)C2COCCO2)cc1. The number of hydrogen-bond acceptors (Lipinski definition) is 4. The van der Waals surface area contributed by atoms with Gasteiger partial charge in [-0.05, 0) is 24.6 Å². The van der Waals surface area contributed by atoms with E-state index in [0.717, 1.165) is 11.3 Å². The van der Waals surface area contributed by atoms with Gasteiger partial charge in [-0.3, -0.25) is 0 Å². The summed E-state index contributed by atoms with van der Waals surface area (Å²) in [4.78, 5) is 0. The van der Waals surface area contributed by atoms with Crippen molar-refractivity contribution in [1.29, 1.82) is 0 Å². The van der Waals surface area contributed by atoms with Crippen molar-refractivity contribution in [1.82, 2.24) is 0 Å². The lowest BCUT2D eigenvalue weighted by molar-refractivity contribution is -0.0975. The maximum atomic E-state index is 6.15. The maximum Gasteiger partial charge on any atom is 0.119 e. The van der Waals surface area contributed by atoms with Crippen LogP contribution in [-0.4, -0.2) is 32.5 Å². The first kappa shape index (κ1) is 12.4. The molecular weight excluding hydrogens is 218 g/mol. The third kappa shape index (κ3) is 3.19. The molecule has 0 spiro atoms. The van der Waals surface area contributed by atoms with Gasteiger partial charge in [-0.1, -0.05) is 12.1 Å². The highest BCUT2D eigenvalue weighted by Gasteiger charge is 2.23. The largest absolute Gasteiger partial charge is 0.494 e. The van der Waals surface area contributed by atoms with Crippen LogP contribution in [-0.2, 0) is 9.47 Å². The van der Waals surface area contributed by atoms with E-state index in [-0.39, 0.29) is 12.1 Å². The average molecular weight is 237 g/mol. The minimum Gasteiger partial charge on any atom is -0.494 e. The van der Waals surface area contributed by atoms with Gasteiger partial charge < -0.3 is 19.9 Å². The van der Waals surface area contributed by atoms with Gasteiger partial charge in [0.1, 0.15) is 11.9 Å². The molecule has 4 heteroatoms. The Kier molecular flexibility index (Phi) is 4.36. The molecule has 2 atom stereocenters. The number of hydrogen-bond donors (Lipinski definition) is 1. The third-order valence-corrected chi connectivity index (χ3v) is 2.82. The molecule has 4 nitrogen and oxygen atoms in total. The van der Waals surface area contributed by atoms with Gasteiger partial charge in [-0.25, -0.2) is 0 Å². The number of benzene rings is 1. The van der Waals surface area contributed by atoms with Gasteiger partial charge in [0.25, 0.3) is 0 Å². The van der Waals surface area contributed by atoms with E-state index in [9.17, 15) is 0 Å². The van der Waals surface area contributed by atoms with Crippen molar-refractivity contribution in [3.63, 3.8) is 0 Å². The summed E-state index contributed by atoms with van der Waals surface area (Å²) < 4.78 is 16.3. The first-order valence-corrected chi connectivity index (χ1v) is 5.99. The van der Waals surface area contributed by atoms with E-state index in [4.69, 9.17) is 19.9 Å². The van der Waals surface area contributed by atoms with E-state index >= 15 is 0 Å². The van der Waals surface area contributed by atoms with Crippen LogP contribution in [0.3, 0.4) is 0 Å². The fraction of sp³-hybridized carbons (Fsp3) is 0.538. The lowest BCUT2D eigenvalue weighted by Crippen LogP contribution is -2.37. The smallest absolute Gasteiger partial charge is 0.119 e. The summed E-state index contributed by atoms with van der Waals surface area (Å²) >= 11 is 0. The van der Waals surface area contributed by atoms with Crippen molar-refractivity contribution in [3.05, 3.63) is 29.8 Å². The Bertz CT molecular complexity index is 333. The van der Waals surface area contributed by atoms with Crippen LogP contribution < -0.4 is 10.5 Å². The molecule has 0 amide bonds. The molecule has 94 valence electrons. The van der Waals surface area contributed by atoms with Crippen LogP contribution in [0.4, 0.5) is 0 Å². The van der Waals surface area contributed by atoms with Crippen LogP contribution in [0.15, 0.2) is 24.3 Å². The lowest BCUT2D eigenvalue weighted by Gasteiger charge is -2.28. The summed E-state index contributed by atoms with van der Waals surface area (Å²) in [5, 5.41) is 0. The molecular formula is C13H19NO3. The highest BCUT2D eigenvalue weighted by atomic mass is 16.6. The summed E-state index contributed by atoms with van der Waals surface area (Å²) in [7, 11) is 0. The summed E-state index contributed by atoms with van der Waals surface area (Å²) in [5.41, 5.74) is 7.19. The Hall–Kier alpha value is -1.10. The normalized spacial score (nSPS) is 22.1.